The molecule has 1 heterocycles. The lowest BCUT2D eigenvalue weighted by molar-refractivity contribution is 0.276. The van der Waals surface area contributed by atoms with Crippen LogP contribution in [0.5, 0.6) is 0 Å². The second-order valence-electron chi connectivity index (χ2n) is 6.87. The number of hydrogen-bond acceptors (Lipinski definition) is 3. The molecule has 0 spiro atoms. The van der Waals surface area contributed by atoms with Crippen molar-refractivity contribution in [1.82, 2.24) is 4.31 Å². The Morgan fingerprint density at radius 2 is 1.69 bits per heavy atom. The molecular formula is C20H21FN2O2S. The molecule has 0 saturated carbocycles. The Balaban J connectivity index is 1.86. The molecule has 4 nitrogen and oxygen atoms in total. The van der Waals surface area contributed by atoms with E-state index in [1.54, 1.807) is 30.3 Å². The summed E-state index contributed by atoms with van der Waals surface area (Å²) in [6, 6.07) is 13.5. The lowest BCUT2D eigenvalue weighted by Crippen LogP contribution is -2.44. The van der Waals surface area contributed by atoms with Crippen molar-refractivity contribution in [1.29, 1.82) is 5.26 Å². The van der Waals surface area contributed by atoms with Crippen LogP contribution in [0.15, 0.2) is 47.4 Å². The summed E-state index contributed by atoms with van der Waals surface area (Å²) in [6.45, 7) is 4.22. The van der Waals surface area contributed by atoms with E-state index < -0.39 is 15.4 Å². The van der Waals surface area contributed by atoms with Crippen LogP contribution in [-0.4, -0.2) is 25.8 Å². The van der Waals surface area contributed by atoms with Gasteiger partial charge in [0, 0.05) is 13.1 Å². The first kappa shape index (κ1) is 18.6. The van der Waals surface area contributed by atoms with E-state index in [1.165, 1.54) is 16.4 Å². The monoisotopic (exact) mass is 372 g/mol. The van der Waals surface area contributed by atoms with Crippen molar-refractivity contribution in [2.45, 2.75) is 37.0 Å². The zero-order valence-electron chi connectivity index (χ0n) is 14.9. The average molecular weight is 372 g/mol. The molecule has 2 aromatic rings. The largest absolute Gasteiger partial charge is 0.243 e. The summed E-state index contributed by atoms with van der Waals surface area (Å²) in [7, 11) is -3.59. The molecule has 0 aliphatic carbocycles. The number of halogens is 1. The van der Waals surface area contributed by atoms with Gasteiger partial charge in [0.25, 0.3) is 0 Å². The van der Waals surface area contributed by atoms with Crippen molar-refractivity contribution in [2.24, 2.45) is 0 Å². The SMILES string of the molecule is Cc1ccc(S(=O)(=O)N2CCC(C#N)(c3cc(F)ccc3C)CC2)cc1. The first-order valence-corrected chi connectivity index (χ1v) is 9.97. The maximum atomic E-state index is 13.7. The molecule has 0 atom stereocenters. The molecule has 0 bridgehead atoms. The first-order chi connectivity index (χ1) is 12.3. The van der Waals surface area contributed by atoms with Gasteiger partial charge in [0.15, 0.2) is 0 Å². The predicted molar refractivity (Wildman–Crippen MR) is 97.6 cm³/mol. The highest BCUT2D eigenvalue weighted by Gasteiger charge is 2.41. The highest BCUT2D eigenvalue weighted by atomic mass is 32.2. The molecule has 26 heavy (non-hydrogen) atoms. The molecule has 3 rings (SSSR count). The normalized spacial score (nSPS) is 17.6. The second-order valence-corrected chi connectivity index (χ2v) is 8.81. The number of sulfonamides is 1. The molecule has 0 radical (unpaired) electrons. The van der Waals surface area contributed by atoms with E-state index in [-0.39, 0.29) is 23.8 Å². The molecule has 1 aliphatic rings. The molecule has 1 aliphatic heterocycles. The first-order valence-electron chi connectivity index (χ1n) is 8.53. The van der Waals surface area contributed by atoms with Crippen LogP contribution >= 0.6 is 0 Å². The van der Waals surface area contributed by atoms with Crippen LogP contribution in [-0.2, 0) is 15.4 Å². The fraction of sp³-hybridized carbons (Fsp3) is 0.350. The molecule has 0 aromatic heterocycles. The maximum absolute atomic E-state index is 13.7. The zero-order valence-corrected chi connectivity index (χ0v) is 15.7. The van der Waals surface area contributed by atoms with Crippen molar-refractivity contribution in [3.8, 4) is 6.07 Å². The van der Waals surface area contributed by atoms with Gasteiger partial charge in [0.2, 0.25) is 10.0 Å². The maximum Gasteiger partial charge on any atom is 0.243 e. The minimum absolute atomic E-state index is 0.236. The van der Waals surface area contributed by atoms with Crippen molar-refractivity contribution in [3.05, 3.63) is 65.0 Å². The number of aryl methyl sites for hydroxylation is 2. The van der Waals surface area contributed by atoms with Gasteiger partial charge < -0.3 is 0 Å². The Kier molecular flexibility index (Phi) is 4.87. The third kappa shape index (κ3) is 3.25. The van der Waals surface area contributed by atoms with Gasteiger partial charge in [-0.15, -0.1) is 0 Å². The second kappa shape index (κ2) is 6.82. The Morgan fingerprint density at radius 1 is 1.08 bits per heavy atom. The number of rotatable bonds is 3. The van der Waals surface area contributed by atoms with Crippen LogP contribution in [0.1, 0.15) is 29.5 Å². The Labute approximate surface area is 153 Å². The minimum atomic E-state index is -3.59. The number of nitriles is 1. The van der Waals surface area contributed by atoms with E-state index in [0.29, 0.717) is 18.4 Å². The van der Waals surface area contributed by atoms with Crippen molar-refractivity contribution < 1.29 is 12.8 Å². The summed E-state index contributed by atoms with van der Waals surface area (Å²) in [4.78, 5) is 0.259. The van der Waals surface area contributed by atoms with Gasteiger partial charge in [-0.3, -0.25) is 0 Å². The Bertz CT molecular complexity index is 954. The Hall–Kier alpha value is -2.23. The molecule has 0 unspecified atom stereocenters. The molecular weight excluding hydrogens is 351 g/mol. The van der Waals surface area contributed by atoms with Gasteiger partial charge >= 0.3 is 0 Å². The van der Waals surface area contributed by atoms with E-state index in [4.69, 9.17) is 0 Å². The van der Waals surface area contributed by atoms with Crippen LogP contribution < -0.4 is 0 Å². The van der Waals surface area contributed by atoms with Gasteiger partial charge in [0.1, 0.15) is 5.82 Å². The lowest BCUT2D eigenvalue weighted by atomic mass is 9.73. The summed E-state index contributed by atoms with van der Waals surface area (Å²) >= 11 is 0. The molecule has 136 valence electrons. The van der Waals surface area contributed by atoms with Crippen LogP contribution in [0.3, 0.4) is 0 Å². The lowest BCUT2D eigenvalue weighted by Gasteiger charge is -2.37. The molecule has 0 N–H and O–H groups in total. The van der Waals surface area contributed by atoms with E-state index in [9.17, 15) is 18.1 Å². The van der Waals surface area contributed by atoms with Crippen LogP contribution in [0.4, 0.5) is 4.39 Å². The van der Waals surface area contributed by atoms with Gasteiger partial charge in [-0.1, -0.05) is 23.8 Å². The quantitative estimate of drug-likeness (QED) is 0.826. The predicted octanol–water partition coefficient (Wildman–Crippen LogP) is 3.69. The van der Waals surface area contributed by atoms with Crippen molar-refractivity contribution in [2.75, 3.05) is 13.1 Å². The molecule has 6 heteroatoms. The smallest absolute Gasteiger partial charge is 0.207 e. The molecule has 0 amide bonds. The highest BCUT2D eigenvalue weighted by Crippen LogP contribution is 2.38. The zero-order chi connectivity index (χ0) is 18.9. The van der Waals surface area contributed by atoms with Crippen LogP contribution in [0, 0.1) is 31.0 Å². The van der Waals surface area contributed by atoms with Crippen LogP contribution in [0.2, 0.25) is 0 Å². The highest BCUT2D eigenvalue weighted by molar-refractivity contribution is 7.89. The molecule has 1 saturated heterocycles. The molecule has 2 aromatic carbocycles. The summed E-state index contributed by atoms with van der Waals surface area (Å²) in [5, 5.41) is 9.81. The van der Waals surface area contributed by atoms with Crippen molar-refractivity contribution >= 4 is 10.0 Å². The fourth-order valence-electron chi connectivity index (χ4n) is 3.52. The van der Waals surface area contributed by atoms with Gasteiger partial charge in [-0.2, -0.15) is 9.57 Å². The van der Waals surface area contributed by atoms with E-state index in [2.05, 4.69) is 6.07 Å². The third-order valence-electron chi connectivity index (χ3n) is 5.16. The Morgan fingerprint density at radius 3 is 2.27 bits per heavy atom. The average Bonchev–Trinajstić information content (AvgIpc) is 2.64. The summed E-state index contributed by atoms with van der Waals surface area (Å²) in [5.74, 6) is -0.380. The van der Waals surface area contributed by atoms with Crippen molar-refractivity contribution in [3.63, 3.8) is 0 Å². The van der Waals surface area contributed by atoms with Gasteiger partial charge in [0.05, 0.1) is 16.4 Å². The molecule has 1 fully saturated rings. The summed E-state index contributed by atoms with van der Waals surface area (Å²) < 4.78 is 40.8. The van der Waals surface area contributed by atoms with Crippen LogP contribution in [0.25, 0.3) is 0 Å². The number of benzene rings is 2. The summed E-state index contributed by atoms with van der Waals surface area (Å²) in [6.07, 6.45) is 0.692. The standard InChI is InChI=1S/C20H21FN2O2S/c1-15-3-7-18(8-4-15)26(24,25)23-11-9-20(14-22,10-12-23)19-13-17(21)6-5-16(19)2/h3-8,13H,9-12H2,1-2H3. The minimum Gasteiger partial charge on any atom is -0.207 e. The number of piperidine rings is 1. The number of hydrogen-bond donors (Lipinski definition) is 0. The van der Waals surface area contributed by atoms with Gasteiger partial charge in [-0.05, 0) is 62.1 Å². The fourth-order valence-corrected chi connectivity index (χ4v) is 4.96. The van der Waals surface area contributed by atoms with E-state index in [0.717, 1.165) is 11.1 Å². The van der Waals surface area contributed by atoms with E-state index >= 15 is 0 Å². The third-order valence-corrected chi connectivity index (χ3v) is 7.08. The summed E-state index contributed by atoms with van der Waals surface area (Å²) in [5.41, 5.74) is 1.65. The number of nitrogens with zero attached hydrogens (tertiary/aromatic N) is 2. The van der Waals surface area contributed by atoms with E-state index in [1.807, 2.05) is 13.8 Å². The topological polar surface area (TPSA) is 61.2 Å². The van der Waals surface area contributed by atoms with Gasteiger partial charge in [-0.25, -0.2) is 12.8 Å².